The van der Waals surface area contributed by atoms with Gasteiger partial charge in [-0.3, -0.25) is 0 Å². The third kappa shape index (κ3) is 3.92. The number of aliphatic hydroxyl groups is 1. The van der Waals surface area contributed by atoms with Gasteiger partial charge in [-0.15, -0.1) is 0 Å². The highest BCUT2D eigenvalue weighted by atomic mass is 16.4. The van der Waals surface area contributed by atoms with Crippen molar-refractivity contribution in [3.05, 3.63) is 23.4 Å². The van der Waals surface area contributed by atoms with Crippen LogP contribution in [0.25, 0.3) is 0 Å². The number of carbonyl (C=O) groups is 1. The van der Waals surface area contributed by atoms with Crippen molar-refractivity contribution < 1.29 is 15.0 Å². The van der Waals surface area contributed by atoms with E-state index in [4.69, 9.17) is 5.11 Å². The number of anilines is 1. The summed E-state index contributed by atoms with van der Waals surface area (Å²) < 4.78 is 0. The van der Waals surface area contributed by atoms with E-state index in [0.29, 0.717) is 18.1 Å². The van der Waals surface area contributed by atoms with Gasteiger partial charge in [0.1, 0.15) is 5.82 Å². The number of carboxylic acids is 1. The lowest BCUT2D eigenvalue weighted by Gasteiger charge is -2.29. The highest BCUT2D eigenvalue weighted by Gasteiger charge is 2.25. The minimum atomic E-state index is -0.965. The van der Waals surface area contributed by atoms with Gasteiger partial charge in [-0.25, -0.2) is 9.78 Å². The first-order valence-electron chi connectivity index (χ1n) is 6.53. The first-order chi connectivity index (χ1) is 8.96. The summed E-state index contributed by atoms with van der Waals surface area (Å²) in [5, 5.41) is 21.6. The second kappa shape index (κ2) is 6.52. The smallest absolute Gasteiger partial charge is 0.335 e. The van der Waals surface area contributed by atoms with E-state index in [1.54, 1.807) is 6.92 Å². The lowest BCUT2D eigenvalue weighted by Crippen LogP contribution is -2.32. The van der Waals surface area contributed by atoms with Gasteiger partial charge in [0.2, 0.25) is 0 Å². The van der Waals surface area contributed by atoms with E-state index in [1.165, 1.54) is 12.1 Å². The number of aromatic carboxylic acids is 1. The highest BCUT2D eigenvalue weighted by molar-refractivity contribution is 5.88. The SMILES string of the molecule is CCC(CC)(CO)CNc1cc(C(=O)O)cc(C)n1. The van der Waals surface area contributed by atoms with Gasteiger partial charge in [0.05, 0.1) is 12.2 Å². The molecule has 1 aromatic rings. The average molecular weight is 266 g/mol. The van der Waals surface area contributed by atoms with Crippen molar-refractivity contribution in [3.8, 4) is 0 Å². The summed E-state index contributed by atoms with van der Waals surface area (Å²) in [6, 6.07) is 3.05. The Morgan fingerprint density at radius 3 is 2.47 bits per heavy atom. The summed E-state index contributed by atoms with van der Waals surface area (Å²) in [5.41, 5.74) is 0.692. The molecule has 0 aromatic carbocycles. The number of nitrogens with one attached hydrogen (secondary N) is 1. The molecule has 0 aliphatic rings. The third-order valence-electron chi connectivity index (χ3n) is 3.68. The van der Waals surface area contributed by atoms with Gasteiger partial charge >= 0.3 is 5.97 Å². The molecule has 5 nitrogen and oxygen atoms in total. The molecule has 19 heavy (non-hydrogen) atoms. The molecule has 0 radical (unpaired) electrons. The zero-order valence-electron chi connectivity index (χ0n) is 11.7. The molecule has 1 aromatic heterocycles. The summed E-state index contributed by atoms with van der Waals surface area (Å²) in [5.74, 6) is -0.426. The molecule has 0 spiro atoms. The Morgan fingerprint density at radius 2 is 2.00 bits per heavy atom. The molecule has 106 valence electrons. The van der Waals surface area contributed by atoms with Crippen LogP contribution in [-0.2, 0) is 0 Å². The lowest BCUT2D eigenvalue weighted by atomic mass is 9.83. The molecular formula is C14H22N2O3. The number of aromatic nitrogens is 1. The minimum absolute atomic E-state index is 0.102. The summed E-state index contributed by atoms with van der Waals surface area (Å²) in [6.07, 6.45) is 1.70. The molecule has 0 saturated heterocycles. The molecule has 0 fully saturated rings. The Balaban J connectivity index is 2.85. The Labute approximate surface area is 113 Å². The molecular weight excluding hydrogens is 244 g/mol. The Hall–Kier alpha value is -1.62. The largest absolute Gasteiger partial charge is 0.478 e. The van der Waals surface area contributed by atoms with Crippen LogP contribution in [0, 0.1) is 12.3 Å². The maximum atomic E-state index is 11.0. The predicted octanol–water partition coefficient (Wildman–Crippen LogP) is 2.30. The van der Waals surface area contributed by atoms with Crippen molar-refractivity contribution in [2.24, 2.45) is 5.41 Å². The average Bonchev–Trinajstić information content (AvgIpc) is 2.40. The summed E-state index contributed by atoms with van der Waals surface area (Å²) in [7, 11) is 0. The van der Waals surface area contributed by atoms with Gasteiger partial charge < -0.3 is 15.5 Å². The zero-order valence-corrected chi connectivity index (χ0v) is 11.7. The molecule has 0 unspecified atom stereocenters. The minimum Gasteiger partial charge on any atom is -0.478 e. The van der Waals surface area contributed by atoms with Crippen LogP contribution in [0.3, 0.4) is 0 Å². The van der Waals surface area contributed by atoms with Crippen molar-refractivity contribution in [1.29, 1.82) is 0 Å². The van der Waals surface area contributed by atoms with E-state index < -0.39 is 5.97 Å². The number of nitrogens with zero attached hydrogens (tertiary/aromatic N) is 1. The number of hydrogen-bond donors (Lipinski definition) is 3. The van der Waals surface area contributed by atoms with Gasteiger partial charge in [-0.2, -0.15) is 0 Å². The second-order valence-corrected chi connectivity index (χ2v) is 4.91. The molecule has 3 N–H and O–H groups in total. The first kappa shape index (κ1) is 15.4. The molecule has 5 heteroatoms. The highest BCUT2D eigenvalue weighted by Crippen LogP contribution is 2.26. The molecule has 0 amide bonds. The quantitative estimate of drug-likeness (QED) is 0.705. The molecule has 1 heterocycles. The number of rotatable bonds is 7. The first-order valence-corrected chi connectivity index (χ1v) is 6.53. The molecule has 0 aliphatic heterocycles. The van der Waals surface area contributed by atoms with Crippen molar-refractivity contribution in [1.82, 2.24) is 4.98 Å². The normalized spacial score (nSPS) is 11.4. The molecule has 0 saturated carbocycles. The van der Waals surface area contributed by atoms with E-state index in [2.05, 4.69) is 10.3 Å². The van der Waals surface area contributed by atoms with Crippen LogP contribution in [0.1, 0.15) is 42.7 Å². The van der Waals surface area contributed by atoms with Gasteiger partial charge in [0.25, 0.3) is 0 Å². The van der Waals surface area contributed by atoms with E-state index in [0.717, 1.165) is 12.8 Å². The van der Waals surface area contributed by atoms with Crippen LogP contribution in [0.15, 0.2) is 12.1 Å². The predicted molar refractivity (Wildman–Crippen MR) is 74.5 cm³/mol. The van der Waals surface area contributed by atoms with Crippen LogP contribution < -0.4 is 5.32 Å². The summed E-state index contributed by atoms with van der Waals surface area (Å²) in [6.45, 7) is 6.51. The third-order valence-corrected chi connectivity index (χ3v) is 3.68. The van der Waals surface area contributed by atoms with Gasteiger partial charge in [0, 0.05) is 17.7 Å². The van der Waals surface area contributed by atoms with Gasteiger partial charge in [-0.1, -0.05) is 13.8 Å². The molecule has 0 atom stereocenters. The van der Waals surface area contributed by atoms with Gasteiger partial charge in [-0.05, 0) is 31.9 Å². The van der Waals surface area contributed by atoms with Crippen molar-refractivity contribution in [3.63, 3.8) is 0 Å². The van der Waals surface area contributed by atoms with Crippen LogP contribution in [0.2, 0.25) is 0 Å². The monoisotopic (exact) mass is 266 g/mol. The standard InChI is InChI=1S/C14H22N2O3/c1-4-14(5-2,9-17)8-15-12-7-11(13(18)19)6-10(3)16-12/h6-7,17H,4-5,8-9H2,1-3H3,(H,15,16)(H,18,19). The number of carboxylic acid groups (broad SMARTS) is 1. The van der Waals surface area contributed by atoms with Gasteiger partial charge in [0.15, 0.2) is 0 Å². The Kier molecular flexibility index (Phi) is 5.30. The lowest BCUT2D eigenvalue weighted by molar-refractivity contribution is 0.0696. The maximum absolute atomic E-state index is 11.0. The maximum Gasteiger partial charge on any atom is 0.335 e. The van der Waals surface area contributed by atoms with Crippen molar-refractivity contribution in [2.45, 2.75) is 33.6 Å². The number of hydrogen-bond acceptors (Lipinski definition) is 4. The van der Waals surface area contributed by atoms with Crippen LogP contribution in [0.5, 0.6) is 0 Å². The summed E-state index contributed by atoms with van der Waals surface area (Å²) in [4.78, 5) is 15.2. The number of aryl methyl sites for hydroxylation is 1. The van der Waals surface area contributed by atoms with Crippen molar-refractivity contribution in [2.75, 3.05) is 18.5 Å². The fourth-order valence-corrected chi connectivity index (χ4v) is 1.94. The zero-order chi connectivity index (χ0) is 14.5. The van der Waals surface area contributed by atoms with E-state index in [-0.39, 0.29) is 17.6 Å². The van der Waals surface area contributed by atoms with Crippen LogP contribution in [0.4, 0.5) is 5.82 Å². The number of aliphatic hydroxyl groups excluding tert-OH is 1. The van der Waals surface area contributed by atoms with E-state index in [9.17, 15) is 9.90 Å². The Morgan fingerprint density at radius 1 is 1.37 bits per heavy atom. The number of pyridine rings is 1. The molecule has 1 rings (SSSR count). The van der Waals surface area contributed by atoms with E-state index >= 15 is 0 Å². The molecule has 0 bridgehead atoms. The summed E-state index contributed by atoms with van der Waals surface area (Å²) >= 11 is 0. The van der Waals surface area contributed by atoms with E-state index in [1.807, 2.05) is 13.8 Å². The molecule has 0 aliphatic carbocycles. The van der Waals surface area contributed by atoms with Crippen LogP contribution >= 0.6 is 0 Å². The fraction of sp³-hybridized carbons (Fsp3) is 0.571. The van der Waals surface area contributed by atoms with Crippen molar-refractivity contribution >= 4 is 11.8 Å². The topological polar surface area (TPSA) is 82.5 Å². The van der Waals surface area contributed by atoms with Crippen LogP contribution in [-0.4, -0.2) is 34.3 Å². The fourth-order valence-electron chi connectivity index (χ4n) is 1.94. The second-order valence-electron chi connectivity index (χ2n) is 4.91. The Bertz CT molecular complexity index is 434.